The van der Waals surface area contributed by atoms with Gasteiger partial charge in [0.2, 0.25) is 0 Å². The van der Waals surface area contributed by atoms with Crippen molar-refractivity contribution in [3.63, 3.8) is 0 Å². The van der Waals surface area contributed by atoms with Crippen LogP contribution in [0.25, 0.3) is 4.72 Å². The molecule has 164 valence electrons. The molecule has 0 atom stereocenters. The first kappa shape index (κ1) is 27.1. The number of hydrogen-bond donors (Lipinski definition) is 0. The van der Waals surface area contributed by atoms with E-state index in [4.69, 9.17) is 11.6 Å². The van der Waals surface area contributed by atoms with Gasteiger partial charge in [-0.3, -0.25) is 0 Å². The van der Waals surface area contributed by atoms with E-state index in [9.17, 15) is 38.8 Å². The number of hydrogen-bond acceptors (Lipinski definition) is 4. The molecule has 0 heterocycles. The summed E-state index contributed by atoms with van der Waals surface area (Å²) in [5, 5.41) is 0.192. The number of benzene rings is 2. The Morgan fingerprint density at radius 2 is 1.52 bits per heavy atom. The van der Waals surface area contributed by atoms with Crippen LogP contribution in [0.1, 0.15) is 18.4 Å². The van der Waals surface area contributed by atoms with Gasteiger partial charge in [0.25, 0.3) is 0 Å². The first-order valence-corrected chi connectivity index (χ1v) is 11.5. The van der Waals surface area contributed by atoms with Gasteiger partial charge in [-0.15, -0.1) is 6.04 Å². The molecular formula is C17H12ClF5KNO4S2. The van der Waals surface area contributed by atoms with Crippen molar-refractivity contribution in [2.45, 2.75) is 34.0 Å². The van der Waals surface area contributed by atoms with E-state index in [0.717, 1.165) is 18.2 Å². The van der Waals surface area contributed by atoms with E-state index in [2.05, 4.69) is 4.72 Å². The van der Waals surface area contributed by atoms with Crippen LogP contribution in [0.3, 0.4) is 0 Å². The van der Waals surface area contributed by atoms with Gasteiger partial charge in [-0.05, 0) is 55.3 Å². The van der Waals surface area contributed by atoms with E-state index in [0.29, 0.717) is 12.1 Å². The van der Waals surface area contributed by atoms with Crippen molar-refractivity contribution in [1.29, 1.82) is 0 Å². The largest absolute Gasteiger partial charge is 1.00 e. The third-order valence-corrected chi connectivity index (χ3v) is 8.66. The smallest absolute Gasteiger partial charge is 0.538 e. The maximum Gasteiger partial charge on any atom is 1.00 e. The number of rotatable bonds is 5. The minimum Gasteiger partial charge on any atom is -0.538 e. The molecule has 0 spiro atoms. The molecule has 0 aromatic heterocycles. The zero-order valence-electron chi connectivity index (χ0n) is 15.7. The van der Waals surface area contributed by atoms with Crippen molar-refractivity contribution < 1.29 is 90.2 Å². The van der Waals surface area contributed by atoms with E-state index in [-0.39, 0.29) is 61.3 Å². The molecule has 0 bridgehead atoms. The second-order valence-corrected chi connectivity index (χ2v) is 11.0. The van der Waals surface area contributed by atoms with Crippen LogP contribution in [0.5, 0.6) is 0 Å². The molecule has 5 nitrogen and oxygen atoms in total. The summed E-state index contributed by atoms with van der Waals surface area (Å²) in [5.74, 6) is -2.08. The van der Waals surface area contributed by atoms with Crippen LogP contribution in [0.15, 0.2) is 47.4 Å². The van der Waals surface area contributed by atoms with E-state index < -0.39 is 66.2 Å². The third-order valence-electron chi connectivity index (χ3n) is 4.77. The van der Waals surface area contributed by atoms with E-state index in [1.807, 2.05) is 0 Å². The summed E-state index contributed by atoms with van der Waals surface area (Å²) in [6.45, 7) is 0. The first-order valence-electron chi connectivity index (χ1n) is 8.19. The van der Waals surface area contributed by atoms with E-state index in [1.54, 1.807) is 0 Å². The summed E-state index contributed by atoms with van der Waals surface area (Å²) < 4.78 is 116. The van der Waals surface area contributed by atoms with Crippen molar-refractivity contribution in [2.75, 3.05) is 0 Å². The molecule has 0 radical (unpaired) electrons. The molecule has 14 heteroatoms. The molecule has 0 amide bonds. The average Bonchev–Trinajstić information content (AvgIpc) is 2.59. The molecule has 0 aliphatic heterocycles. The Hall–Kier alpha value is -0.124. The predicted octanol–water partition coefficient (Wildman–Crippen LogP) is 1.68. The fourth-order valence-corrected chi connectivity index (χ4v) is 6.30. The van der Waals surface area contributed by atoms with Crippen molar-refractivity contribution in [3.05, 3.63) is 69.4 Å². The van der Waals surface area contributed by atoms with Gasteiger partial charge in [-0.25, -0.2) is 25.6 Å². The Labute approximate surface area is 222 Å². The molecule has 1 aliphatic rings. The minimum absolute atomic E-state index is 0. The van der Waals surface area contributed by atoms with Gasteiger partial charge in [0.15, 0.2) is 19.9 Å². The van der Waals surface area contributed by atoms with E-state index in [1.165, 1.54) is 12.1 Å². The Bertz CT molecular complexity index is 1180. The summed E-state index contributed by atoms with van der Waals surface area (Å²) in [5.41, 5.74) is -6.28. The van der Waals surface area contributed by atoms with Crippen molar-refractivity contribution >= 4 is 31.5 Å². The van der Waals surface area contributed by atoms with Crippen LogP contribution >= 0.6 is 11.6 Å². The molecule has 0 unspecified atom stereocenters. The fraction of sp³-hybridized carbons (Fsp3) is 0.294. The summed E-state index contributed by atoms with van der Waals surface area (Å²) in [6.07, 6.45) is -1.57. The zero-order chi connectivity index (χ0) is 22.5. The van der Waals surface area contributed by atoms with Crippen molar-refractivity contribution in [1.82, 2.24) is 0 Å². The Morgan fingerprint density at radius 3 is 2.03 bits per heavy atom. The number of nitrogens with zero attached hydrogens (tertiary/aromatic N) is 1. The second-order valence-electron chi connectivity index (χ2n) is 6.66. The summed E-state index contributed by atoms with van der Waals surface area (Å²) >= 11 is 5.73. The van der Waals surface area contributed by atoms with Gasteiger partial charge in [-0.1, -0.05) is 11.6 Å². The molecule has 2 aromatic carbocycles. The summed E-state index contributed by atoms with van der Waals surface area (Å²) in [4.78, 5) is -0.340. The molecule has 1 saturated carbocycles. The van der Waals surface area contributed by atoms with Crippen molar-refractivity contribution in [2.24, 2.45) is 0 Å². The van der Waals surface area contributed by atoms with Crippen LogP contribution in [0.4, 0.5) is 22.0 Å². The third kappa shape index (κ3) is 5.04. The van der Waals surface area contributed by atoms with Crippen LogP contribution in [0.2, 0.25) is 5.02 Å². The van der Waals surface area contributed by atoms with E-state index >= 15 is 0 Å². The first-order chi connectivity index (χ1) is 13.7. The molecule has 0 saturated heterocycles. The van der Waals surface area contributed by atoms with Gasteiger partial charge in [0.05, 0.1) is 4.90 Å². The molecule has 31 heavy (non-hydrogen) atoms. The molecule has 3 rings (SSSR count). The molecule has 0 N–H and O–H groups in total. The number of sulfonamides is 1. The standard InChI is InChI=1S/C17H12ClF5NO4S2.K/c18-10-1-4-13(5-2-10)29(25,26)16(14-7-11(19)3-6-15(14)20)8-12(9-16)24-30(27,28)17(21,22)23;/h1-7,12H,8-9H2;/q-1;+1/t12-,16-;. The van der Waals surface area contributed by atoms with Crippen LogP contribution in [0, 0.1) is 11.6 Å². The number of sulfone groups is 1. The predicted molar refractivity (Wildman–Crippen MR) is 98.0 cm³/mol. The van der Waals surface area contributed by atoms with Crippen LogP contribution in [-0.2, 0) is 24.6 Å². The van der Waals surface area contributed by atoms with Gasteiger partial charge in [0, 0.05) is 10.6 Å². The quantitative estimate of drug-likeness (QED) is 0.438. The maximum atomic E-state index is 14.5. The zero-order valence-corrected chi connectivity index (χ0v) is 21.2. The molecular weight excluding hydrogens is 516 g/mol. The SMILES string of the molecule is O=S(=O)([N-][C@H]1C[C@](c2cc(F)ccc2F)(S(=O)(=O)c2ccc(Cl)cc2)C1)C(F)(F)F.[K+]. The minimum atomic E-state index is -5.88. The Balaban J connectivity index is 0.00000341. The number of alkyl halides is 3. The van der Waals surface area contributed by atoms with Crippen LogP contribution < -0.4 is 51.4 Å². The topological polar surface area (TPSA) is 82.4 Å². The average molecular weight is 528 g/mol. The van der Waals surface area contributed by atoms with Gasteiger partial charge >= 0.3 is 56.9 Å². The summed E-state index contributed by atoms with van der Waals surface area (Å²) in [7, 11) is -10.4. The Morgan fingerprint density at radius 1 is 0.968 bits per heavy atom. The molecule has 1 aliphatic carbocycles. The molecule has 1 fully saturated rings. The monoisotopic (exact) mass is 527 g/mol. The second kappa shape index (κ2) is 9.26. The maximum absolute atomic E-state index is 14.5. The normalized spacial score (nSPS) is 21.8. The van der Waals surface area contributed by atoms with Crippen LogP contribution in [-0.4, -0.2) is 28.4 Å². The van der Waals surface area contributed by atoms with Gasteiger partial charge < -0.3 is 4.72 Å². The molecule has 2 aromatic rings. The summed E-state index contributed by atoms with van der Waals surface area (Å²) in [6, 6.07) is 5.15. The van der Waals surface area contributed by atoms with Gasteiger partial charge in [0.1, 0.15) is 16.4 Å². The fourth-order valence-electron chi connectivity index (χ4n) is 3.30. The van der Waals surface area contributed by atoms with Crippen molar-refractivity contribution in [3.8, 4) is 0 Å². The number of halogens is 6. The van der Waals surface area contributed by atoms with Gasteiger partial charge in [-0.2, -0.15) is 13.2 Å². The Kier molecular flexibility index (Phi) is 8.10.